The number of benzene rings is 1. The molecule has 1 heteroatoms. The summed E-state index contributed by atoms with van der Waals surface area (Å²) >= 11 is 0. The van der Waals surface area contributed by atoms with Crippen LogP contribution in [0.4, 0.5) is 0 Å². The lowest BCUT2D eigenvalue weighted by atomic mass is 9.96. The third-order valence-electron chi connectivity index (χ3n) is 3.09. The Hall–Kier alpha value is -1.11. The van der Waals surface area contributed by atoms with Crippen LogP contribution in [0.1, 0.15) is 45.1 Å². The molecule has 0 spiro atoms. The van der Waals surface area contributed by atoms with E-state index in [2.05, 4.69) is 24.3 Å². The van der Waals surface area contributed by atoms with Crippen LogP contribution < -0.4 is 0 Å². The Morgan fingerprint density at radius 2 is 1.88 bits per heavy atom. The summed E-state index contributed by atoms with van der Waals surface area (Å²) < 4.78 is 0. The van der Waals surface area contributed by atoms with E-state index in [9.17, 15) is 4.79 Å². The third-order valence-corrected chi connectivity index (χ3v) is 3.09. The molecule has 0 radical (unpaired) electrons. The molecule has 1 unspecified atom stereocenters. The van der Waals surface area contributed by atoms with Crippen molar-refractivity contribution in [3.05, 3.63) is 35.9 Å². The van der Waals surface area contributed by atoms with Gasteiger partial charge in [0.2, 0.25) is 0 Å². The van der Waals surface area contributed by atoms with Gasteiger partial charge in [0, 0.05) is 12.3 Å². The average Bonchev–Trinajstić information content (AvgIpc) is 2.34. The predicted molar refractivity (Wildman–Crippen MR) is 68.5 cm³/mol. The summed E-state index contributed by atoms with van der Waals surface area (Å²) in [5.74, 6) is 0.653. The third kappa shape index (κ3) is 4.61. The molecule has 1 atom stereocenters. The molecule has 88 valence electrons. The highest BCUT2D eigenvalue weighted by molar-refractivity contribution is 5.80. The van der Waals surface area contributed by atoms with Crippen molar-refractivity contribution in [1.29, 1.82) is 0 Å². The van der Waals surface area contributed by atoms with E-state index in [0.717, 1.165) is 19.3 Å². The number of hydrogen-bond donors (Lipinski definition) is 0. The fourth-order valence-corrected chi connectivity index (χ4v) is 1.93. The first-order valence-electron chi connectivity index (χ1n) is 6.30. The molecule has 16 heavy (non-hydrogen) atoms. The number of aryl methyl sites for hydroxylation is 1. The highest BCUT2D eigenvalue weighted by atomic mass is 16.1. The van der Waals surface area contributed by atoms with Crippen molar-refractivity contribution < 1.29 is 4.79 Å². The van der Waals surface area contributed by atoms with Crippen LogP contribution in [0.25, 0.3) is 0 Å². The molecule has 0 N–H and O–H groups in total. The maximum absolute atomic E-state index is 11.4. The van der Waals surface area contributed by atoms with Crippen LogP contribution in [0.2, 0.25) is 0 Å². The van der Waals surface area contributed by atoms with E-state index >= 15 is 0 Å². The Labute approximate surface area is 98.9 Å². The van der Waals surface area contributed by atoms with Gasteiger partial charge in [0.05, 0.1) is 0 Å². The summed E-state index contributed by atoms with van der Waals surface area (Å²) in [6.45, 7) is 4.00. The van der Waals surface area contributed by atoms with Crippen LogP contribution in [0.5, 0.6) is 0 Å². The lowest BCUT2D eigenvalue weighted by molar-refractivity contribution is -0.122. The molecule has 0 amide bonds. The van der Waals surface area contributed by atoms with E-state index in [1.807, 2.05) is 19.9 Å². The van der Waals surface area contributed by atoms with Gasteiger partial charge in [-0.2, -0.15) is 0 Å². The average molecular weight is 218 g/mol. The van der Waals surface area contributed by atoms with Gasteiger partial charge in [0.25, 0.3) is 0 Å². The number of ketones is 1. The van der Waals surface area contributed by atoms with Crippen LogP contribution in [-0.2, 0) is 11.2 Å². The minimum absolute atomic E-state index is 0.251. The van der Waals surface area contributed by atoms with Crippen LogP contribution >= 0.6 is 0 Å². The molecule has 0 aliphatic carbocycles. The standard InChI is InChI=1S/C15H22O/c1-3-15(16)13(2)9-7-8-12-14-10-5-4-6-11-14/h4-6,10-11,13H,3,7-9,12H2,1-2H3. The molecule has 0 aliphatic heterocycles. The van der Waals surface area contributed by atoms with Gasteiger partial charge < -0.3 is 0 Å². The molecule has 1 nitrogen and oxygen atoms in total. The van der Waals surface area contributed by atoms with Crippen LogP contribution in [0.15, 0.2) is 30.3 Å². The van der Waals surface area contributed by atoms with Crippen molar-refractivity contribution in [1.82, 2.24) is 0 Å². The van der Waals surface area contributed by atoms with Gasteiger partial charge in [-0.1, -0.05) is 50.6 Å². The molecular formula is C15H22O. The van der Waals surface area contributed by atoms with E-state index in [4.69, 9.17) is 0 Å². The van der Waals surface area contributed by atoms with E-state index in [0.29, 0.717) is 12.2 Å². The number of Topliss-reactive ketones (excluding diaryl/α,β-unsaturated/α-hetero) is 1. The van der Waals surface area contributed by atoms with Gasteiger partial charge in [-0.15, -0.1) is 0 Å². The lowest BCUT2D eigenvalue weighted by Gasteiger charge is -2.08. The minimum atomic E-state index is 0.251. The largest absolute Gasteiger partial charge is 0.299 e. The highest BCUT2D eigenvalue weighted by Crippen LogP contribution is 2.13. The van der Waals surface area contributed by atoms with Gasteiger partial charge in [-0.25, -0.2) is 0 Å². The van der Waals surface area contributed by atoms with Crippen LogP contribution in [-0.4, -0.2) is 5.78 Å². The van der Waals surface area contributed by atoms with E-state index in [1.165, 1.54) is 12.0 Å². The van der Waals surface area contributed by atoms with E-state index in [1.54, 1.807) is 0 Å². The summed E-state index contributed by atoms with van der Waals surface area (Å²) in [5.41, 5.74) is 1.40. The van der Waals surface area contributed by atoms with Gasteiger partial charge in [-0.05, 0) is 24.8 Å². The molecule has 0 saturated heterocycles. The van der Waals surface area contributed by atoms with E-state index in [-0.39, 0.29) is 5.92 Å². The summed E-state index contributed by atoms with van der Waals surface area (Å²) in [6, 6.07) is 10.5. The summed E-state index contributed by atoms with van der Waals surface area (Å²) in [6.07, 6.45) is 5.19. The molecule has 1 rings (SSSR count). The van der Waals surface area contributed by atoms with E-state index < -0.39 is 0 Å². The van der Waals surface area contributed by atoms with Crippen LogP contribution in [0, 0.1) is 5.92 Å². The first-order chi connectivity index (χ1) is 7.74. The second-order valence-corrected chi connectivity index (χ2v) is 4.45. The molecule has 0 saturated carbocycles. The second-order valence-electron chi connectivity index (χ2n) is 4.45. The number of hydrogen-bond acceptors (Lipinski definition) is 1. The molecule has 0 heterocycles. The SMILES string of the molecule is CCC(=O)C(C)CCCCc1ccccc1. The number of rotatable bonds is 7. The second kappa shape index (κ2) is 7.21. The molecule has 0 fully saturated rings. The first kappa shape index (κ1) is 13.0. The topological polar surface area (TPSA) is 17.1 Å². The van der Waals surface area contributed by atoms with Crippen molar-refractivity contribution >= 4 is 5.78 Å². The van der Waals surface area contributed by atoms with Crippen molar-refractivity contribution in [3.8, 4) is 0 Å². The molecule has 0 bridgehead atoms. The lowest BCUT2D eigenvalue weighted by Crippen LogP contribution is -2.09. The Morgan fingerprint density at radius 1 is 1.19 bits per heavy atom. The maximum atomic E-state index is 11.4. The smallest absolute Gasteiger partial charge is 0.135 e. The normalized spacial score (nSPS) is 12.4. The Kier molecular flexibility index (Phi) is 5.84. The Bertz CT molecular complexity index is 302. The quantitative estimate of drug-likeness (QED) is 0.632. The predicted octanol–water partition coefficient (Wildman–Crippen LogP) is 4.01. The summed E-state index contributed by atoms with van der Waals surface area (Å²) in [5, 5.41) is 0. The summed E-state index contributed by atoms with van der Waals surface area (Å²) in [4.78, 5) is 11.4. The molecular weight excluding hydrogens is 196 g/mol. The van der Waals surface area contributed by atoms with Gasteiger partial charge in [-0.3, -0.25) is 4.79 Å². The first-order valence-corrected chi connectivity index (χ1v) is 6.30. The number of carbonyl (C=O) groups is 1. The summed E-state index contributed by atoms with van der Waals surface area (Å²) in [7, 11) is 0. The van der Waals surface area contributed by atoms with Crippen molar-refractivity contribution in [2.24, 2.45) is 5.92 Å². The molecule has 0 aromatic heterocycles. The monoisotopic (exact) mass is 218 g/mol. The fraction of sp³-hybridized carbons (Fsp3) is 0.533. The zero-order chi connectivity index (χ0) is 11.8. The number of carbonyl (C=O) groups excluding carboxylic acids is 1. The van der Waals surface area contributed by atoms with Crippen LogP contribution in [0.3, 0.4) is 0 Å². The maximum Gasteiger partial charge on any atom is 0.135 e. The molecule has 1 aromatic carbocycles. The van der Waals surface area contributed by atoms with Gasteiger partial charge >= 0.3 is 0 Å². The van der Waals surface area contributed by atoms with Crippen molar-refractivity contribution in [3.63, 3.8) is 0 Å². The molecule has 0 aliphatic rings. The van der Waals surface area contributed by atoms with Crippen molar-refractivity contribution in [2.75, 3.05) is 0 Å². The zero-order valence-electron chi connectivity index (χ0n) is 10.4. The molecule has 1 aromatic rings. The Morgan fingerprint density at radius 3 is 2.50 bits per heavy atom. The van der Waals surface area contributed by atoms with Crippen molar-refractivity contribution in [2.45, 2.75) is 46.0 Å². The Balaban J connectivity index is 2.15. The fourth-order valence-electron chi connectivity index (χ4n) is 1.93. The minimum Gasteiger partial charge on any atom is -0.299 e. The zero-order valence-corrected chi connectivity index (χ0v) is 10.4. The number of unbranched alkanes of at least 4 members (excludes halogenated alkanes) is 1. The van der Waals surface area contributed by atoms with Gasteiger partial charge in [0.15, 0.2) is 0 Å². The van der Waals surface area contributed by atoms with Gasteiger partial charge in [0.1, 0.15) is 5.78 Å². The highest BCUT2D eigenvalue weighted by Gasteiger charge is 2.09.